The lowest BCUT2D eigenvalue weighted by atomic mass is 10.0. The van der Waals surface area contributed by atoms with E-state index in [0.29, 0.717) is 56.3 Å². The van der Waals surface area contributed by atoms with Gasteiger partial charge in [0.25, 0.3) is 0 Å². The van der Waals surface area contributed by atoms with Crippen molar-refractivity contribution in [1.82, 2.24) is 19.8 Å². The number of likely N-dealkylation sites (tertiary alicyclic amines) is 1. The van der Waals surface area contributed by atoms with Crippen LogP contribution in [-0.2, 0) is 22.5 Å². The highest BCUT2D eigenvalue weighted by Gasteiger charge is 2.34. The molecule has 49 heavy (non-hydrogen) atoms. The molecule has 2 saturated heterocycles. The van der Waals surface area contributed by atoms with Crippen LogP contribution in [0.5, 0.6) is 6.01 Å². The largest absolute Gasteiger partial charge is 0.462 e. The van der Waals surface area contributed by atoms with Gasteiger partial charge in [-0.1, -0.05) is 42.8 Å². The lowest BCUT2D eigenvalue weighted by molar-refractivity contribution is -0.128. The molecule has 12 heteroatoms. The Kier molecular flexibility index (Phi) is 11.8. The van der Waals surface area contributed by atoms with Gasteiger partial charge in [-0.3, -0.25) is 9.69 Å². The molecule has 260 valence electrons. The van der Waals surface area contributed by atoms with Crippen LogP contribution in [0.2, 0.25) is 5.02 Å². The Hall–Kier alpha value is -3.98. The van der Waals surface area contributed by atoms with Gasteiger partial charge in [-0.2, -0.15) is 15.2 Å². The number of fused-ring (bicyclic) bond motifs is 2. The van der Waals surface area contributed by atoms with Gasteiger partial charge in [0.15, 0.2) is 0 Å². The van der Waals surface area contributed by atoms with Crippen LogP contribution in [0.4, 0.5) is 15.9 Å². The van der Waals surface area contributed by atoms with Crippen LogP contribution in [0.1, 0.15) is 43.9 Å². The smallest absolute Gasteiger partial charge is 0.318 e. The van der Waals surface area contributed by atoms with Crippen molar-refractivity contribution >= 4 is 39.8 Å². The first-order valence-corrected chi connectivity index (χ1v) is 17.8. The van der Waals surface area contributed by atoms with E-state index in [1.165, 1.54) is 12.2 Å². The molecule has 2 aromatic carbocycles. The van der Waals surface area contributed by atoms with Gasteiger partial charge in [-0.15, -0.1) is 0 Å². The summed E-state index contributed by atoms with van der Waals surface area (Å²) >= 11 is 6.73. The first kappa shape index (κ1) is 34.9. The number of halogens is 2. The Morgan fingerprint density at radius 2 is 1.96 bits per heavy atom. The van der Waals surface area contributed by atoms with E-state index in [1.807, 2.05) is 12.1 Å². The van der Waals surface area contributed by atoms with Crippen molar-refractivity contribution in [3.05, 3.63) is 64.8 Å². The van der Waals surface area contributed by atoms with Crippen LogP contribution in [0.15, 0.2) is 48.6 Å². The quantitative estimate of drug-likeness (QED) is 0.159. The second kappa shape index (κ2) is 16.6. The zero-order chi connectivity index (χ0) is 34.2. The molecule has 1 amide bonds. The number of amides is 1. The summed E-state index contributed by atoms with van der Waals surface area (Å²) in [4.78, 5) is 31.4. The molecule has 0 radical (unpaired) electrons. The van der Waals surface area contributed by atoms with Crippen molar-refractivity contribution in [2.24, 2.45) is 0 Å². The summed E-state index contributed by atoms with van der Waals surface area (Å²) in [5.74, 6) is 0.515. The van der Waals surface area contributed by atoms with Crippen LogP contribution >= 0.6 is 11.6 Å². The number of alkyl halides is 1. The number of carbonyl (C=O) groups excluding carboxylic acids is 1. The highest BCUT2D eigenvalue weighted by atomic mass is 35.5. The number of allylic oxidation sites excluding steroid dienone is 1. The first-order chi connectivity index (χ1) is 24.0. The highest BCUT2D eigenvalue weighted by Crippen LogP contribution is 2.37. The summed E-state index contributed by atoms with van der Waals surface area (Å²) in [7, 11) is 0. The molecule has 1 unspecified atom stereocenters. The molecule has 3 aromatic rings. The number of hydrogen-bond donors (Lipinski definition) is 0. The van der Waals surface area contributed by atoms with Gasteiger partial charge in [0.05, 0.1) is 35.8 Å². The number of nitriles is 1. The zero-order valence-electron chi connectivity index (χ0n) is 28.2. The van der Waals surface area contributed by atoms with Gasteiger partial charge < -0.3 is 24.2 Å². The van der Waals surface area contributed by atoms with E-state index in [9.17, 15) is 14.4 Å². The third-order valence-electron chi connectivity index (χ3n) is 9.69. The molecule has 2 fully saturated rings. The summed E-state index contributed by atoms with van der Waals surface area (Å²) in [6.45, 7) is 8.17. The number of hydrogen-bond acceptors (Lipinski definition) is 9. The summed E-state index contributed by atoms with van der Waals surface area (Å²) in [5, 5.41) is 12.4. The van der Waals surface area contributed by atoms with Crippen molar-refractivity contribution in [3.63, 3.8) is 0 Å². The minimum Gasteiger partial charge on any atom is -0.462 e. The van der Waals surface area contributed by atoms with Crippen molar-refractivity contribution in [3.8, 4) is 12.1 Å². The second-order valence-corrected chi connectivity index (χ2v) is 13.3. The van der Waals surface area contributed by atoms with Gasteiger partial charge in [0.2, 0.25) is 5.91 Å². The number of anilines is 2. The Morgan fingerprint density at radius 1 is 1.10 bits per heavy atom. The third-order valence-corrected chi connectivity index (χ3v) is 10.0. The fraction of sp³-hybridized carbons (Fsp3) is 0.514. The van der Waals surface area contributed by atoms with Crippen molar-refractivity contribution in [2.75, 3.05) is 75.6 Å². The maximum Gasteiger partial charge on any atom is 0.318 e. The molecule has 3 aliphatic rings. The maximum absolute atomic E-state index is 12.9. The Bertz CT molecular complexity index is 1680. The molecule has 3 aliphatic heterocycles. The molecule has 6 rings (SSSR count). The fourth-order valence-electron chi connectivity index (χ4n) is 7.08. The van der Waals surface area contributed by atoms with Crippen LogP contribution in [0.25, 0.3) is 10.8 Å². The molecular formula is C37H45ClFN7O3. The predicted molar refractivity (Wildman–Crippen MR) is 190 cm³/mol. The van der Waals surface area contributed by atoms with E-state index in [0.717, 1.165) is 85.6 Å². The summed E-state index contributed by atoms with van der Waals surface area (Å²) in [6, 6.07) is 14.7. The number of nitrogens with zero attached hydrogens (tertiary/aromatic N) is 7. The van der Waals surface area contributed by atoms with E-state index >= 15 is 0 Å². The summed E-state index contributed by atoms with van der Waals surface area (Å²) < 4.78 is 24.8. The molecule has 2 atom stereocenters. The lowest BCUT2D eigenvalue weighted by Crippen LogP contribution is -2.55. The molecule has 0 aliphatic carbocycles. The highest BCUT2D eigenvalue weighted by molar-refractivity contribution is 6.36. The molecule has 0 bridgehead atoms. The van der Waals surface area contributed by atoms with Crippen molar-refractivity contribution in [1.29, 1.82) is 5.26 Å². The third kappa shape index (κ3) is 8.09. The Balaban J connectivity index is 1.25. The Morgan fingerprint density at radius 3 is 2.73 bits per heavy atom. The van der Waals surface area contributed by atoms with Gasteiger partial charge in [0.1, 0.15) is 19.1 Å². The summed E-state index contributed by atoms with van der Waals surface area (Å²) in [5.41, 5.74) is 3.02. The number of carbonyl (C=O) groups is 1. The molecule has 1 aromatic heterocycles. The van der Waals surface area contributed by atoms with Crippen LogP contribution in [0, 0.1) is 11.3 Å². The van der Waals surface area contributed by atoms with Crippen LogP contribution < -0.4 is 14.5 Å². The molecule has 4 heterocycles. The number of benzene rings is 2. The normalized spacial score (nSPS) is 19.6. The fourth-order valence-corrected chi connectivity index (χ4v) is 7.36. The molecule has 0 spiro atoms. The summed E-state index contributed by atoms with van der Waals surface area (Å²) in [6.07, 6.45) is 6.43. The standard InChI is InChI=1S/C37H45ClFN7O3/c1-2-22-48-23-6-17-43-18-13-29(43)26-49-37-41-32-25-44(33-10-4-8-27-7-3-9-31(38)35(27)33)19-14-30(32)36(42-37)45-20-21-46(28(24-45)12-16-40)34(47)11-5-15-39/h3-5,7-11,28-29H,2,6,12-15,17-26H2,1H3/b11-5+/t28-,29?/m0/s1. The maximum atomic E-state index is 12.9. The van der Waals surface area contributed by atoms with Gasteiger partial charge in [0, 0.05) is 81.2 Å². The average Bonchev–Trinajstić information content (AvgIpc) is 3.11. The van der Waals surface area contributed by atoms with E-state index in [1.54, 1.807) is 4.90 Å². The second-order valence-electron chi connectivity index (χ2n) is 12.8. The average molecular weight is 690 g/mol. The number of aromatic nitrogens is 2. The van der Waals surface area contributed by atoms with Crippen molar-refractivity contribution in [2.45, 2.75) is 57.7 Å². The topological polar surface area (TPSA) is 98.1 Å². The van der Waals surface area contributed by atoms with E-state index < -0.39 is 6.67 Å². The van der Waals surface area contributed by atoms with Crippen LogP contribution in [0.3, 0.4) is 0 Å². The molecule has 0 N–H and O–H groups in total. The van der Waals surface area contributed by atoms with Gasteiger partial charge in [-0.25, -0.2) is 4.39 Å². The first-order valence-electron chi connectivity index (χ1n) is 17.4. The van der Waals surface area contributed by atoms with E-state index in [2.05, 4.69) is 52.0 Å². The minimum atomic E-state index is -0.710. The Labute approximate surface area is 293 Å². The number of piperazine rings is 1. The minimum absolute atomic E-state index is 0.166. The zero-order valence-corrected chi connectivity index (χ0v) is 29.0. The number of rotatable bonds is 14. The van der Waals surface area contributed by atoms with Gasteiger partial charge in [-0.05, 0) is 49.3 Å². The van der Waals surface area contributed by atoms with Crippen LogP contribution in [-0.4, -0.2) is 104 Å². The van der Waals surface area contributed by atoms with E-state index in [4.69, 9.17) is 31.0 Å². The van der Waals surface area contributed by atoms with Crippen molar-refractivity contribution < 1.29 is 18.7 Å². The van der Waals surface area contributed by atoms with E-state index in [-0.39, 0.29) is 18.4 Å². The molecule has 0 saturated carbocycles. The number of ether oxygens (including phenoxy) is 2. The molecule has 10 nitrogen and oxygen atoms in total. The predicted octanol–water partition coefficient (Wildman–Crippen LogP) is 5.57. The SMILES string of the molecule is CCCOCCCN1CCC1COc1nc2c(c(N3CCN(C(=O)/C=C/CF)[C@@H](CC#N)C3)n1)CCN(c1cccc3cccc(Cl)c13)C2. The lowest BCUT2D eigenvalue weighted by Gasteiger charge is -2.42. The monoisotopic (exact) mass is 689 g/mol. The molecular weight excluding hydrogens is 645 g/mol. The van der Waals surface area contributed by atoms with Gasteiger partial charge >= 0.3 is 6.01 Å².